The number of urea groups is 1. The molecule has 3 aliphatic rings. The van der Waals surface area contributed by atoms with E-state index in [1.54, 1.807) is 4.90 Å². The van der Waals surface area contributed by atoms with Crippen molar-refractivity contribution in [2.45, 2.75) is 91.9 Å². The van der Waals surface area contributed by atoms with Crippen molar-refractivity contribution < 1.29 is 24.0 Å². The lowest BCUT2D eigenvalue weighted by atomic mass is 9.85. The minimum Gasteiger partial charge on any atom is -0.356 e. The molecule has 10 nitrogen and oxygen atoms in total. The minimum absolute atomic E-state index is 0.0347. The van der Waals surface area contributed by atoms with Crippen molar-refractivity contribution in [2.24, 2.45) is 28.6 Å². The summed E-state index contributed by atoms with van der Waals surface area (Å²) < 4.78 is 0. The molecule has 0 bridgehead atoms. The molecule has 3 fully saturated rings. The maximum absolute atomic E-state index is 13.8. The van der Waals surface area contributed by atoms with Crippen molar-refractivity contribution in [3.8, 4) is 0 Å². The molecule has 202 valence electrons. The molecular formula is C26H43N5O5. The van der Waals surface area contributed by atoms with E-state index in [1.807, 2.05) is 41.5 Å². The van der Waals surface area contributed by atoms with Crippen LogP contribution in [0.25, 0.3) is 0 Å². The molecule has 6 atom stereocenters. The van der Waals surface area contributed by atoms with Crippen molar-refractivity contribution in [2.75, 3.05) is 13.1 Å². The molecule has 36 heavy (non-hydrogen) atoms. The summed E-state index contributed by atoms with van der Waals surface area (Å²) in [5.41, 5.74) is -1.18. The second kappa shape index (κ2) is 9.67. The predicted octanol–water partition coefficient (Wildman–Crippen LogP) is 1.19. The lowest BCUT2D eigenvalue weighted by Crippen LogP contribution is -2.61. The molecule has 0 radical (unpaired) electrons. The SMILES string of the molecule is CC(C)(C)NC(=O)NC(C(=O)N1C[C@H]2[C@@H]([C@H]1C(=O)NC(C=O)CC1CCNC1=O)C2(C)C)C(C)(C)C. The maximum Gasteiger partial charge on any atom is 0.315 e. The first-order chi connectivity index (χ1) is 16.5. The normalized spacial score (nSPS) is 28.4. The van der Waals surface area contributed by atoms with E-state index >= 15 is 0 Å². The van der Waals surface area contributed by atoms with Gasteiger partial charge in [-0.2, -0.15) is 0 Å². The number of rotatable bonds is 7. The Kier molecular flexibility index (Phi) is 7.50. The summed E-state index contributed by atoms with van der Waals surface area (Å²) in [7, 11) is 0. The number of likely N-dealkylation sites (tertiary alicyclic amines) is 1. The minimum atomic E-state index is -0.847. The Morgan fingerprint density at radius 2 is 1.78 bits per heavy atom. The quantitative estimate of drug-likeness (QED) is 0.385. The van der Waals surface area contributed by atoms with Crippen LogP contribution >= 0.6 is 0 Å². The third-order valence-corrected chi connectivity index (χ3v) is 7.83. The zero-order valence-electron chi connectivity index (χ0n) is 22.9. The van der Waals surface area contributed by atoms with Gasteiger partial charge in [-0.15, -0.1) is 0 Å². The number of nitrogens with zero attached hydrogens (tertiary/aromatic N) is 1. The van der Waals surface area contributed by atoms with Crippen LogP contribution in [0, 0.1) is 28.6 Å². The number of fused-ring (bicyclic) bond motifs is 1. The molecule has 2 saturated heterocycles. The monoisotopic (exact) mass is 505 g/mol. The molecule has 10 heteroatoms. The molecule has 1 aliphatic carbocycles. The van der Waals surface area contributed by atoms with Crippen molar-refractivity contribution in [1.29, 1.82) is 0 Å². The summed E-state index contributed by atoms with van der Waals surface area (Å²) in [6.07, 6.45) is 1.52. The van der Waals surface area contributed by atoms with Crippen LogP contribution in [0.3, 0.4) is 0 Å². The number of nitrogens with one attached hydrogen (secondary N) is 4. The first-order valence-corrected chi connectivity index (χ1v) is 12.9. The number of amides is 5. The van der Waals surface area contributed by atoms with Crippen molar-refractivity contribution in [1.82, 2.24) is 26.2 Å². The van der Waals surface area contributed by atoms with Gasteiger partial charge in [0.1, 0.15) is 18.4 Å². The highest BCUT2D eigenvalue weighted by Crippen LogP contribution is 2.65. The van der Waals surface area contributed by atoms with E-state index in [0.717, 1.165) is 0 Å². The second-order valence-electron chi connectivity index (χ2n) is 13.3. The largest absolute Gasteiger partial charge is 0.356 e. The highest BCUT2D eigenvalue weighted by atomic mass is 16.2. The molecule has 0 spiro atoms. The Labute approximate surface area is 214 Å². The molecule has 5 amide bonds. The summed E-state index contributed by atoms with van der Waals surface area (Å²) in [5.74, 6) is -0.993. The number of hydrogen-bond acceptors (Lipinski definition) is 5. The Hall–Kier alpha value is -2.65. The molecule has 2 heterocycles. The van der Waals surface area contributed by atoms with Crippen molar-refractivity contribution in [3.05, 3.63) is 0 Å². The average molecular weight is 506 g/mol. The fourth-order valence-electron chi connectivity index (χ4n) is 5.73. The summed E-state index contributed by atoms with van der Waals surface area (Å²) in [6, 6.07) is -2.84. The second-order valence-corrected chi connectivity index (χ2v) is 13.3. The Morgan fingerprint density at radius 3 is 2.28 bits per heavy atom. The van der Waals surface area contributed by atoms with Gasteiger partial charge in [0.2, 0.25) is 17.7 Å². The first-order valence-electron chi connectivity index (χ1n) is 12.9. The molecule has 0 aromatic heterocycles. The molecule has 1 saturated carbocycles. The van der Waals surface area contributed by atoms with Crippen LogP contribution in [0.15, 0.2) is 0 Å². The van der Waals surface area contributed by atoms with E-state index in [2.05, 4.69) is 35.1 Å². The zero-order chi connectivity index (χ0) is 27.2. The van der Waals surface area contributed by atoms with Crippen LogP contribution in [0.2, 0.25) is 0 Å². The topological polar surface area (TPSA) is 137 Å². The Morgan fingerprint density at radius 1 is 1.14 bits per heavy atom. The first kappa shape index (κ1) is 27.9. The van der Waals surface area contributed by atoms with Gasteiger partial charge in [0, 0.05) is 24.5 Å². The van der Waals surface area contributed by atoms with Gasteiger partial charge in [-0.05, 0) is 56.3 Å². The van der Waals surface area contributed by atoms with Crippen LogP contribution in [0.5, 0.6) is 0 Å². The smallest absolute Gasteiger partial charge is 0.315 e. The zero-order valence-corrected chi connectivity index (χ0v) is 22.9. The average Bonchev–Trinajstić information content (AvgIpc) is 3.08. The highest BCUT2D eigenvalue weighted by molar-refractivity contribution is 5.94. The van der Waals surface area contributed by atoms with Gasteiger partial charge in [0.25, 0.3) is 0 Å². The van der Waals surface area contributed by atoms with Gasteiger partial charge < -0.3 is 31.0 Å². The third kappa shape index (κ3) is 5.83. The van der Waals surface area contributed by atoms with Crippen LogP contribution < -0.4 is 21.3 Å². The van der Waals surface area contributed by atoms with Crippen LogP contribution in [-0.2, 0) is 19.2 Å². The molecule has 4 N–H and O–H groups in total. The van der Waals surface area contributed by atoms with Crippen molar-refractivity contribution in [3.63, 3.8) is 0 Å². The number of hydrogen-bond donors (Lipinski definition) is 4. The number of piperidine rings is 1. The third-order valence-electron chi connectivity index (χ3n) is 7.83. The Bertz CT molecular complexity index is 919. The van der Waals surface area contributed by atoms with E-state index in [9.17, 15) is 24.0 Å². The molecule has 0 aromatic rings. The van der Waals surface area contributed by atoms with Gasteiger partial charge in [-0.3, -0.25) is 14.4 Å². The summed E-state index contributed by atoms with van der Waals surface area (Å²) >= 11 is 0. The van der Waals surface area contributed by atoms with E-state index < -0.39 is 35.1 Å². The standard InChI is InChI=1S/C26H43N5O5/c1-24(2,3)19(29-23(36)30-25(4,5)6)22(35)31-12-16-17(26(16,7)8)18(31)21(34)28-15(13-32)11-14-9-10-27-20(14)33/h13-19H,9-12H2,1-8H3,(H,27,33)(H,28,34)(H2,29,30,36)/t14?,15?,16-,17-,18-,19?/m0/s1. The molecule has 3 rings (SSSR count). The number of carbonyl (C=O) groups is 5. The van der Waals surface area contributed by atoms with E-state index in [-0.39, 0.29) is 47.3 Å². The lowest BCUT2D eigenvalue weighted by molar-refractivity contribution is -0.144. The lowest BCUT2D eigenvalue weighted by Gasteiger charge is -2.38. The van der Waals surface area contributed by atoms with Crippen LogP contribution in [-0.4, -0.2) is 71.7 Å². The number of carbonyl (C=O) groups excluding carboxylic acids is 5. The molecule has 2 aliphatic heterocycles. The molecular weight excluding hydrogens is 462 g/mol. The molecule has 3 unspecified atom stereocenters. The van der Waals surface area contributed by atoms with Crippen LogP contribution in [0.1, 0.15) is 68.2 Å². The summed E-state index contributed by atoms with van der Waals surface area (Å²) in [6.45, 7) is 16.3. The van der Waals surface area contributed by atoms with E-state index in [4.69, 9.17) is 0 Å². The van der Waals surface area contributed by atoms with Gasteiger partial charge in [-0.25, -0.2) is 4.79 Å². The molecule has 0 aromatic carbocycles. The van der Waals surface area contributed by atoms with E-state index in [0.29, 0.717) is 25.8 Å². The van der Waals surface area contributed by atoms with Gasteiger partial charge in [0.15, 0.2) is 0 Å². The van der Waals surface area contributed by atoms with Crippen LogP contribution in [0.4, 0.5) is 4.79 Å². The maximum atomic E-state index is 13.8. The van der Waals surface area contributed by atoms with Gasteiger partial charge in [-0.1, -0.05) is 34.6 Å². The Balaban J connectivity index is 1.78. The van der Waals surface area contributed by atoms with Crippen molar-refractivity contribution >= 4 is 30.0 Å². The van der Waals surface area contributed by atoms with Gasteiger partial charge in [0.05, 0.1) is 6.04 Å². The fraction of sp³-hybridized carbons (Fsp3) is 0.808. The highest BCUT2D eigenvalue weighted by Gasteiger charge is 2.69. The number of aldehydes is 1. The van der Waals surface area contributed by atoms with E-state index in [1.165, 1.54) is 0 Å². The summed E-state index contributed by atoms with van der Waals surface area (Å²) in [4.78, 5) is 65.3. The predicted molar refractivity (Wildman–Crippen MR) is 135 cm³/mol. The fourth-order valence-corrected chi connectivity index (χ4v) is 5.73. The summed E-state index contributed by atoms with van der Waals surface area (Å²) in [5, 5.41) is 11.2. The van der Waals surface area contributed by atoms with Gasteiger partial charge >= 0.3 is 6.03 Å².